The molecule has 0 spiro atoms. The van der Waals surface area contributed by atoms with Gasteiger partial charge in [0.2, 0.25) is 11.8 Å². The smallest absolute Gasteiger partial charge is 0.328 e. The molecule has 2 N–H and O–H groups in total. The molecule has 0 bridgehead atoms. The van der Waals surface area contributed by atoms with Gasteiger partial charge < -0.3 is 29.9 Å². The summed E-state index contributed by atoms with van der Waals surface area (Å²) >= 11 is 1.37. The standard InChI is InChI=1S/C22H30N4O6S/c1-31-16-8-6-14(7-9-16)23-22(30)24-15-11-18(26(12-15)19(27)13-33-3)20(28)25-10-4-5-17(25)21(29)32-2/h6-9,15,17-18H,4-5,10-13H2,1-3H3,(H2,23,24,30)/t15-,17-,18+/m1/s1. The van der Waals surface area contributed by atoms with Crippen molar-refractivity contribution in [2.75, 3.05) is 44.6 Å². The first kappa shape index (κ1) is 24.7. The fourth-order valence-corrected chi connectivity index (χ4v) is 4.70. The number of urea groups is 1. The Morgan fingerprint density at radius 3 is 2.45 bits per heavy atom. The van der Waals surface area contributed by atoms with E-state index in [9.17, 15) is 19.2 Å². The molecule has 2 heterocycles. The van der Waals surface area contributed by atoms with E-state index in [0.717, 1.165) is 0 Å². The zero-order valence-electron chi connectivity index (χ0n) is 19.0. The summed E-state index contributed by atoms with van der Waals surface area (Å²) in [6, 6.07) is 4.70. The zero-order chi connectivity index (χ0) is 24.0. The maximum absolute atomic E-state index is 13.4. The fraction of sp³-hybridized carbons (Fsp3) is 0.545. The first-order chi connectivity index (χ1) is 15.9. The van der Waals surface area contributed by atoms with Crippen molar-refractivity contribution < 1.29 is 28.7 Å². The molecule has 3 atom stereocenters. The van der Waals surface area contributed by atoms with Gasteiger partial charge in [0.05, 0.1) is 26.0 Å². The van der Waals surface area contributed by atoms with Crippen LogP contribution in [0.25, 0.3) is 0 Å². The highest BCUT2D eigenvalue weighted by Gasteiger charge is 2.45. The summed E-state index contributed by atoms with van der Waals surface area (Å²) < 4.78 is 9.95. The SMILES string of the molecule is COC(=O)[C@H]1CCCN1C(=O)[C@@H]1C[C@@H](NC(=O)Nc2ccc(OC)cc2)CN1C(=O)CSC. The van der Waals surface area contributed by atoms with Gasteiger partial charge in [-0.1, -0.05) is 0 Å². The highest BCUT2D eigenvalue weighted by molar-refractivity contribution is 7.99. The molecule has 0 aromatic heterocycles. The number of carbonyl (C=O) groups is 4. The van der Waals surface area contributed by atoms with Crippen molar-refractivity contribution in [2.45, 2.75) is 37.4 Å². The largest absolute Gasteiger partial charge is 0.497 e. The topological polar surface area (TPSA) is 117 Å². The number of amides is 4. The van der Waals surface area contributed by atoms with Crippen molar-refractivity contribution in [3.8, 4) is 5.75 Å². The van der Waals surface area contributed by atoms with E-state index >= 15 is 0 Å². The van der Waals surface area contributed by atoms with Crippen LogP contribution in [-0.4, -0.2) is 91.1 Å². The molecule has 1 aromatic carbocycles. The highest BCUT2D eigenvalue weighted by Crippen LogP contribution is 2.26. The van der Waals surface area contributed by atoms with Gasteiger partial charge in [0.25, 0.3) is 0 Å². The Kier molecular flexibility index (Phi) is 8.43. The lowest BCUT2D eigenvalue weighted by molar-refractivity contribution is -0.153. The number of nitrogens with one attached hydrogen (secondary N) is 2. The van der Waals surface area contributed by atoms with Crippen molar-refractivity contribution in [3.63, 3.8) is 0 Å². The summed E-state index contributed by atoms with van der Waals surface area (Å²) in [6.07, 6.45) is 3.33. The first-order valence-electron chi connectivity index (χ1n) is 10.8. The zero-order valence-corrected chi connectivity index (χ0v) is 19.9. The number of ether oxygens (including phenoxy) is 2. The van der Waals surface area contributed by atoms with Crippen LogP contribution in [-0.2, 0) is 19.1 Å². The molecule has 0 radical (unpaired) electrons. The van der Waals surface area contributed by atoms with Crippen LogP contribution in [0.3, 0.4) is 0 Å². The van der Waals surface area contributed by atoms with Gasteiger partial charge in [-0.3, -0.25) is 9.59 Å². The third kappa shape index (κ3) is 5.89. The maximum Gasteiger partial charge on any atom is 0.328 e. The van der Waals surface area contributed by atoms with Crippen LogP contribution in [0.1, 0.15) is 19.3 Å². The average molecular weight is 479 g/mol. The Morgan fingerprint density at radius 2 is 1.82 bits per heavy atom. The van der Waals surface area contributed by atoms with Gasteiger partial charge in [0, 0.05) is 18.8 Å². The van der Waals surface area contributed by atoms with E-state index in [4.69, 9.17) is 9.47 Å². The highest BCUT2D eigenvalue weighted by atomic mass is 32.2. The number of rotatable bonds is 7. The third-order valence-electron chi connectivity index (χ3n) is 5.87. The molecule has 2 aliphatic heterocycles. The Balaban J connectivity index is 1.68. The molecule has 3 rings (SSSR count). The summed E-state index contributed by atoms with van der Waals surface area (Å²) in [6.45, 7) is 0.665. The number of carbonyl (C=O) groups excluding carboxylic acids is 4. The Hall–Kier alpha value is -2.95. The van der Waals surface area contributed by atoms with Crippen molar-refractivity contribution in [2.24, 2.45) is 0 Å². The lowest BCUT2D eigenvalue weighted by atomic mass is 10.1. The van der Waals surface area contributed by atoms with E-state index in [0.29, 0.717) is 30.8 Å². The molecule has 0 aliphatic carbocycles. The van der Waals surface area contributed by atoms with Gasteiger partial charge in [0.1, 0.15) is 17.8 Å². The number of esters is 1. The number of methoxy groups -OCH3 is 2. The van der Waals surface area contributed by atoms with Gasteiger partial charge >= 0.3 is 12.0 Å². The fourth-order valence-electron chi connectivity index (χ4n) is 4.29. The predicted octanol–water partition coefficient (Wildman–Crippen LogP) is 1.31. The molecule has 0 unspecified atom stereocenters. The average Bonchev–Trinajstić information content (AvgIpc) is 3.46. The Bertz CT molecular complexity index is 880. The molecule has 2 aliphatic rings. The number of nitrogens with zero attached hydrogens (tertiary/aromatic N) is 2. The van der Waals surface area contributed by atoms with Crippen LogP contribution in [0.15, 0.2) is 24.3 Å². The van der Waals surface area contributed by atoms with Crippen LogP contribution >= 0.6 is 11.8 Å². The van der Waals surface area contributed by atoms with E-state index in [-0.39, 0.29) is 30.5 Å². The molecular weight excluding hydrogens is 448 g/mol. The van der Waals surface area contributed by atoms with Crippen molar-refractivity contribution in [1.29, 1.82) is 0 Å². The molecule has 10 nitrogen and oxygen atoms in total. The Labute approximate surface area is 197 Å². The normalized spacial score (nSPS) is 22.1. The molecule has 11 heteroatoms. The summed E-state index contributed by atoms with van der Waals surface area (Å²) in [5, 5.41) is 5.61. The molecule has 1 aromatic rings. The van der Waals surface area contributed by atoms with E-state index in [2.05, 4.69) is 10.6 Å². The number of benzene rings is 1. The Morgan fingerprint density at radius 1 is 1.09 bits per heavy atom. The van der Waals surface area contributed by atoms with Gasteiger partial charge in [-0.2, -0.15) is 11.8 Å². The summed E-state index contributed by atoms with van der Waals surface area (Å²) in [5.41, 5.74) is 0.590. The second kappa shape index (κ2) is 11.3. The van der Waals surface area contributed by atoms with Crippen LogP contribution in [0.2, 0.25) is 0 Å². The predicted molar refractivity (Wildman–Crippen MR) is 124 cm³/mol. The van der Waals surface area contributed by atoms with E-state index < -0.39 is 30.1 Å². The lowest BCUT2D eigenvalue weighted by Gasteiger charge is -2.30. The van der Waals surface area contributed by atoms with Crippen LogP contribution in [0.4, 0.5) is 10.5 Å². The molecule has 2 saturated heterocycles. The number of hydrogen-bond acceptors (Lipinski definition) is 7. The summed E-state index contributed by atoms with van der Waals surface area (Å²) in [7, 11) is 2.86. The van der Waals surface area contributed by atoms with Crippen LogP contribution < -0.4 is 15.4 Å². The van der Waals surface area contributed by atoms with Gasteiger partial charge in [-0.05, 0) is 49.8 Å². The number of thioether (sulfide) groups is 1. The van der Waals surface area contributed by atoms with Crippen molar-refractivity contribution in [1.82, 2.24) is 15.1 Å². The minimum absolute atomic E-state index is 0.172. The third-order valence-corrected chi connectivity index (χ3v) is 6.40. The van der Waals surface area contributed by atoms with E-state index in [1.165, 1.54) is 28.7 Å². The molecule has 2 fully saturated rings. The minimum Gasteiger partial charge on any atom is -0.497 e. The maximum atomic E-state index is 13.4. The lowest BCUT2D eigenvalue weighted by Crippen LogP contribution is -2.51. The first-order valence-corrected chi connectivity index (χ1v) is 12.2. The van der Waals surface area contributed by atoms with Crippen LogP contribution in [0.5, 0.6) is 5.75 Å². The van der Waals surface area contributed by atoms with Gasteiger partial charge in [0.15, 0.2) is 0 Å². The van der Waals surface area contributed by atoms with Crippen molar-refractivity contribution >= 4 is 41.3 Å². The molecular formula is C22H30N4O6S. The quantitative estimate of drug-likeness (QED) is 0.568. The molecule has 180 valence electrons. The molecule has 4 amide bonds. The summed E-state index contributed by atoms with van der Waals surface area (Å²) in [5.74, 6) is 0.00367. The van der Waals surface area contributed by atoms with E-state index in [1.807, 2.05) is 6.26 Å². The molecule has 0 saturated carbocycles. The van der Waals surface area contributed by atoms with Gasteiger partial charge in [-0.25, -0.2) is 9.59 Å². The monoisotopic (exact) mass is 478 g/mol. The summed E-state index contributed by atoms with van der Waals surface area (Å²) in [4.78, 5) is 53.7. The second-order valence-electron chi connectivity index (χ2n) is 7.97. The van der Waals surface area contributed by atoms with Crippen LogP contribution in [0, 0.1) is 0 Å². The van der Waals surface area contributed by atoms with E-state index in [1.54, 1.807) is 31.4 Å². The molecule has 33 heavy (non-hydrogen) atoms. The number of likely N-dealkylation sites (tertiary alicyclic amines) is 2. The van der Waals surface area contributed by atoms with Gasteiger partial charge in [-0.15, -0.1) is 0 Å². The van der Waals surface area contributed by atoms with Crippen molar-refractivity contribution in [3.05, 3.63) is 24.3 Å². The number of hydrogen-bond donors (Lipinski definition) is 2. The second-order valence-corrected chi connectivity index (χ2v) is 8.83. The minimum atomic E-state index is -0.735. The number of anilines is 1.